The SMILES string of the molecule is COCC(CNc1ccc(C#N)c(Nc2cc(C)ns2)c1)NC(=O)OC(C)(C)C. The number of amides is 1. The van der Waals surface area contributed by atoms with Gasteiger partial charge in [-0.3, -0.25) is 0 Å². The molecule has 3 N–H and O–H groups in total. The first-order valence-corrected chi connectivity index (χ1v) is 9.94. The van der Waals surface area contributed by atoms with E-state index in [1.165, 1.54) is 11.5 Å². The van der Waals surface area contributed by atoms with Crippen LogP contribution in [0.4, 0.5) is 21.2 Å². The van der Waals surface area contributed by atoms with Gasteiger partial charge >= 0.3 is 6.09 Å². The number of anilines is 3. The molecular formula is C20H27N5O3S. The lowest BCUT2D eigenvalue weighted by Crippen LogP contribution is -2.45. The molecule has 9 heteroatoms. The Morgan fingerprint density at radius 3 is 2.69 bits per heavy atom. The normalized spacial score (nSPS) is 12.0. The zero-order valence-electron chi connectivity index (χ0n) is 17.3. The minimum atomic E-state index is -0.572. The summed E-state index contributed by atoms with van der Waals surface area (Å²) >= 11 is 1.34. The molecule has 0 spiro atoms. The summed E-state index contributed by atoms with van der Waals surface area (Å²) < 4.78 is 14.7. The second-order valence-corrected chi connectivity index (χ2v) is 8.31. The van der Waals surface area contributed by atoms with E-state index in [1.54, 1.807) is 13.2 Å². The van der Waals surface area contributed by atoms with E-state index in [1.807, 2.05) is 45.9 Å². The van der Waals surface area contributed by atoms with E-state index in [0.29, 0.717) is 24.4 Å². The molecule has 1 atom stereocenters. The molecule has 1 aromatic carbocycles. The number of ether oxygens (including phenoxy) is 2. The average molecular weight is 418 g/mol. The molecule has 0 bridgehead atoms. The molecule has 2 aromatic rings. The molecule has 1 amide bonds. The highest BCUT2D eigenvalue weighted by Gasteiger charge is 2.19. The van der Waals surface area contributed by atoms with Gasteiger partial charge < -0.3 is 25.4 Å². The van der Waals surface area contributed by atoms with Crippen molar-refractivity contribution in [1.29, 1.82) is 5.26 Å². The molecule has 8 nitrogen and oxygen atoms in total. The van der Waals surface area contributed by atoms with E-state index in [0.717, 1.165) is 16.4 Å². The maximum Gasteiger partial charge on any atom is 0.408 e. The molecular weight excluding hydrogens is 390 g/mol. The minimum absolute atomic E-state index is 0.286. The number of hydrogen-bond acceptors (Lipinski definition) is 8. The number of nitriles is 1. The predicted octanol–water partition coefficient (Wildman–Crippen LogP) is 4.02. The number of nitrogens with zero attached hydrogens (tertiary/aromatic N) is 2. The highest BCUT2D eigenvalue weighted by Crippen LogP contribution is 2.27. The van der Waals surface area contributed by atoms with Crippen LogP contribution in [-0.2, 0) is 9.47 Å². The summed E-state index contributed by atoms with van der Waals surface area (Å²) in [6.07, 6.45) is -0.496. The number of rotatable bonds is 8. The second-order valence-electron chi connectivity index (χ2n) is 7.51. The van der Waals surface area contributed by atoms with Crippen molar-refractivity contribution >= 4 is 34.0 Å². The fraction of sp³-hybridized carbons (Fsp3) is 0.450. The lowest BCUT2D eigenvalue weighted by molar-refractivity contribution is 0.0474. The van der Waals surface area contributed by atoms with Gasteiger partial charge in [-0.25, -0.2) is 4.79 Å². The number of aromatic nitrogens is 1. The fourth-order valence-electron chi connectivity index (χ4n) is 2.48. The van der Waals surface area contributed by atoms with Crippen molar-refractivity contribution in [2.75, 3.05) is 30.9 Å². The number of benzene rings is 1. The van der Waals surface area contributed by atoms with Gasteiger partial charge in [-0.15, -0.1) is 0 Å². The molecule has 0 saturated carbocycles. The maximum atomic E-state index is 12.0. The van der Waals surface area contributed by atoms with Crippen LogP contribution in [0.15, 0.2) is 24.3 Å². The van der Waals surface area contributed by atoms with Crippen LogP contribution in [0, 0.1) is 18.3 Å². The molecule has 0 aliphatic carbocycles. The van der Waals surface area contributed by atoms with Gasteiger partial charge in [0.1, 0.15) is 16.7 Å². The minimum Gasteiger partial charge on any atom is -0.444 e. The summed E-state index contributed by atoms with van der Waals surface area (Å²) in [6.45, 7) is 8.11. The summed E-state index contributed by atoms with van der Waals surface area (Å²) in [4.78, 5) is 12.0. The number of hydrogen-bond donors (Lipinski definition) is 3. The Bertz CT molecular complexity index is 870. The van der Waals surface area contributed by atoms with Crippen LogP contribution in [0.25, 0.3) is 0 Å². The Balaban J connectivity index is 2.04. The van der Waals surface area contributed by atoms with Crippen molar-refractivity contribution in [2.45, 2.75) is 39.3 Å². The van der Waals surface area contributed by atoms with Crippen molar-refractivity contribution in [3.8, 4) is 6.07 Å². The molecule has 29 heavy (non-hydrogen) atoms. The largest absolute Gasteiger partial charge is 0.444 e. The van der Waals surface area contributed by atoms with Crippen LogP contribution in [0.3, 0.4) is 0 Å². The van der Waals surface area contributed by atoms with Crippen LogP contribution < -0.4 is 16.0 Å². The van der Waals surface area contributed by atoms with Crippen molar-refractivity contribution in [3.05, 3.63) is 35.5 Å². The Morgan fingerprint density at radius 1 is 1.34 bits per heavy atom. The summed E-state index contributed by atoms with van der Waals surface area (Å²) in [7, 11) is 1.57. The monoisotopic (exact) mass is 417 g/mol. The molecule has 0 aliphatic heterocycles. The van der Waals surface area contributed by atoms with Crippen LogP contribution in [0.2, 0.25) is 0 Å². The van der Waals surface area contributed by atoms with Gasteiger partial charge in [-0.1, -0.05) is 0 Å². The van der Waals surface area contributed by atoms with Crippen molar-refractivity contribution in [3.63, 3.8) is 0 Å². The number of nitrogens with one attached hydrogen (secondary N) is 3. The van der Waals surface area contributed by atoms with E-state index >= 15 is 0 Å². The first-order chi connectivity index (χ1) is 13.7. The maximum absolute atomic E-state index is 12.0. The molecule has 0 radical (unpaired) electrons. The molecule has 0 aliphatic rings. The van der Waals surface area contributed by atoms with Gasteiger partial charge in [0, 0.05) is 19.3 Å². The Morgan fingerprint density at radius 2 is 2.10 bits per heavy atom. The first kappa shape index (κ1) is 22.5. The fourth-order valence-corrected chi connectivity index (χ4v) is 3.15. The molecule has 1 unspecified atom stereocenters. The highest BCUT2D eigenvalue weighted by molar-refractivity contribution is 7.10. The zero-order valence-corrected chi connectivity index (χ0v) is 18.1. The number of carbonyl (C=O) groups is 1. The van der Waals surface area contributed by atoms with Crippen LogP contribution in [0.1, 0.15) is 32.0 Å². The van der Waals surface area contributed by atoms with Crippen LogP contribution in [-0.4, -0.2) is 42.4 Å². The number of aryl methyl sites for hydroxylation is 1. The topological polar surface area (TPSA) is 108 Å². The summed E-state index contributed by atoms with van der Waals surface area (Å²) in [6, 6.07) is 9.23. The van der Waals surface area contributed by atoms with Crippen molar-refractivity contribution < 1.29 is 14.3 Å². The predicted molar refractivity (Wildman–Crippen MR) is 115 cm³/mol. The summed E-state index contributed by atoms with van der Waals surface area (Å²) in [5.74, 6) is 0. The van der Waals surface area contributed by atoms with Gasteiger partial charge in [-0.2, -0.15) is 9.64 Å². The van der Waals surface area contributed by atoms with E-state index in [4.69, 9.17) is 9.47 Å². The number of alkyl carbamates (subject to hydrolysis) is 1. The molecule has 0 saturated heterocycles. The average Bonchev–Trinajstić information content (AvgIpc) is 3.03. The third-order valence-corrected chi connectivity index (χ3v) is 4.46. The third-order valence-electron chi connectivity index (χ3n) is 3.67. The molecule has 1 heterocycles. The Kier molecular flexibility index (Phi) is 7.82. The van der Waals surface area contributed by atoms with Gasteiger partial charge in [0.05, 0.1) is 29.6 Å². The van der Waals surface area contributed by atoms with Crippen molar-refractivity contribution in [2.24, 2.45) is 0 Å². The zero-order chi connectivity index (χ0) is 21.4. The summed E-state index contributed by atoms with van der Waals surface area (Å²) in [5, 5.41) is 19.5. The Hall–Kier alpha value is -2.83. The Labute approximate surface area is 175 Å². The molecule has 2 rings (SSSR count). The van der Waals surface area contributed by atoms with Gasteiger partial charge in [0.15, 0.2) is 0 Å². The third kappa shape index (κ3) is 7.60. The van der Waals surface area contributed by atoms with Crippen LogP contribution in [0.5, 0.6) is 0 Å². The number of carbonyl (C=O) groups excluding carboxylic acids is 1. The quantitative estimate of drug-likeness (QED) is 0.595. The van der Waals surface area contributed by atoms with E-state index in [2.05, 4.69) is 26.4 Å². The summed E-state index contributed by atoms with van der Waals surface area (Å²) in [5.41, 5.74) is 2.37. The standard InChI is InChI=1S/C20H27N5O3S/c1-13-8-18(29-25-13)24-17-9-15(7-6-14(17)10-21)22-11-16(12-27-5)23-19(26)28-20(2,3)4/h6-9,16,22,24H,11-12H2,1-5H3,(H,23,26). The molecule has 0 fully saturated rings. The van der Waals surface area contributed by atoms with Gasteiger partial charge in [0.25, 0.3) is 0 Å². The smallest absolute Gasteiger partial charge is 0.408 e. The van der Waals surface area contributed by atoms with Gasteiger partial charge in [0.2, 0.25) is 0 Å². The van der Waals surface area contributed by atoms with E-state index < -0.39 is 11.7 Å². The lowest BCUT2D eigenvalue weighted by Gasteiger charge is -2.24. The molecule has 156 valence electrons. The van der Waals surface area contributed by atoms with Crippen molar-refractivity contribution in [1.82, 2.24) is 9.69 Å². The van der Waals surface area contributed by atoms with E-state index in [9.17, 15) is 10.1 Å². The van der Waals surface area contributed by atoms with E-state index in [-0.39, 0.29) is 6.04 Å². The van der Waals surface area contributed by atoms with Crippen LogP contribution >= 0.6 is 11.5 Å². The lowest BCUT2D eigenvalue weighted by atomic mass is 10.1. The molecule has 1 aromatic heterocycles. The second kappa shape index (κ2) is 10.1. The first-order valence-electron chi connectivity index (χ1n) is 9.17. The van der Waals surface area contributed by atoms with Gasteiger partial charge in [-0.05, 0) is 63.5 Å². The highest BCUT2D eigenvalue weighted by atomic mass is 32.1. The number of methoxy groups -OCH3 is 1.